The highest BCUT2D eigenvalue weighted by Gasteiger charge is 2.36. The SMILES string of the molecule is CCOC(=O)C1NC(=CN)C(c2ccc(OC)c(OC)c2OC)=C1Br. The molecule has 8 heteroatoms. The van der Waals surface area contributed by atoms with Gasteiger partial charge in [-0.05, 0) is 19.1 Å². The monoisotopic (exact) mass is 412 g/mol. The van der Waals surface area contributed by atoms with Crippen LogP contribution in [0, 0.1) is 0 Å². The van der Waals surface area contributed by atoms with Gasteiger partial charge in [-0.25, -0.2) is 4.79 Å². The summed E-state index contributed by atoms with van der Waals surface area (Å²) in [5, 5.41) is 3.05. The van der Waals surface area contributed by atoms with Gasteiger partial charge in [0.1, 0.15) is 0 Å². The van der Waals surface area contributed by atoms with E-state index in [4.69, 9.17) is 24.7 Å². The number of methoxy groups -OCH3 is 3. The summed E-state index contributed by atoms with van der Waals surface area (Å²) >= 11 is 3.50. The lowest BCUT2D eigenvalue weighted by Gasteiger charge is -2.17. The van der Waals surface area contributed by atoms with Gasteiger partial charge in [-0.15, -0.1) is 0 Å². The minimum atomic E-state index is -0.678. The first-order valence-electron chi connectivity index (χ1n) is 7.58. The second-order valence-corrected chi connectivity index (χ2v) is 5.87. The molecule has 0 saturated heterocycles. The minimum Gasteiger partial charge on any atom is -0.493 e. The van der Waals surface area contributed by atoms with Crippen LogP contribution in [0.25, 0.3) is 5.57 Å². The summed E-state index contributed by atoms with van der Waals surface area (Å²) in [5.41, 5.74) is 7.72. The number of ether oxygens (including phenoxy) is 4. The van der Waals surface area contributed by atoms with Gasteiger partial charge in [-0.3, -0.25) is 0 Å². The summed E-state index contributed by atoms with van der Waals surface area (Å²) in [5.74, 6) is 1.06. The van der Waals surface area contributed by atoms with Gasteiger partial charge in [0.15, 0.2) is 17.5 Å². The Labute approximate surface area is 154 Å². The molecule has 0 bridgehead atoms. The van der Waals surface area contributed by atoms with Crippen molar-refractivity contribution in [2.45, 2.75) is 13.0 Å². The number of halogens is 1. The molecule has 0 aliphatic carbocycles. The average molecular weight is 413 g/mol. The number of nitrogens with two attached hydrogens (primary N) is 1. The summed E-state index contributed by atoms with van der Waals surface area (Å²) in [6, 6.07) is 2.90. The second kappa shape index (κ2) is 8.15. The fourth-order valence-electron chi connectivity index (χ4n) is 2.66. The van der Waals surface area contributed by atoms with Crippen molar-refractivity contribution in [1.82, 2.24) is 5.32 Å². The van der Waals surface area contributed by atoms with Crippen molar-refractivity contribution in [3.05, 3.63) is 34.1 Å². The number of esters is 1. The highest BCUT2D eigenvalue weighted by atomic mass is 79.9. The average Bonchev–Trinajstić information content (AvgIpc) is 2.96. The van der Waals surface area contributed by atoms with Crippen LogP contribution < -0.4 is 25.3 Å². The maximum Gasteiger partial charge on any atom is 0.333 e. The van der Waals surface area contributed by atoms with E-state index in [2.05, 4.69) is 21.2 Å². The van der Waals surface area contributed by atoms with E-state index in [1.807, 2.05) is 6.07 Å². The van der Waals surface area contributed by atoms with E-state index in [-0.39, 0.29) is 6.61 Å². The van der Waals surface area contributed by atoms with Gasteiger partial charge >= 0.3 is 5.97 Å². The minimum absolute atomic E-state index is 0.286. The quantitative estimate of drug-likeness (QED) is 0.691. The van der Waals surface area contributed by atoms with Crippen LogP contribution >= 0.6 is 15.9 Å². The van der Waals surface area contributed by atoms with Gasteiger partial charge in [0.05, 0.1) is 33.6 Å². The van der Waals surface area contributed by atoms with Crippen LogP contribution in [0.2, 0.25) is 0 Å². The van der Waals surface area contributed by atoms with Crippen molar-refractivity contribution < 1.29 is 23.7 Å². The molecule has 25 heavy (non-hydrogen) atoms. The molecule has 1 unspecified atom stereocenters. The largest absolute Gasteiger partial charge is 0.493 e. The predicted octanol–water partition coefficient (Wildman–Crippen LogP) is 2.15. The molecule has 2 rings (SSSR count). The first-order chi connectivity index (χ1) is 12.0. The number of benzene rings is 1. The molecule has 0 fully saturated rings. The van der Waals surface area contributed by atoms with Gasteiger partial charge in [0, 0.05) is 21.8 Å². The van der Waals surface area contributed by atoms with Crippen LogP contribution in [0.3, 0.4) is 0 Å². The standard InChI is InChI=1S/C17H21BrN2O5/c1-5-25-17(21)14-13(18)12(10(8-19)20-14)9-6-7-11(22-2)16(24-4)15(9)23-3/h6-8,14,20H,5,19H2,1-4H3. The molecular weight excluding hydrogens is 392 g/mol. The first-order valence-corrected chi connectivity index (χ1v) is 8.37. The normalized spacial score (nSPS) is 18.1. The fourth-order valence-corrected chi connectivity index (χ4v) is 3.38. The molecule has 1 heterocycles. The van der Waals surface area contributed by atoms with Crippen LogP contribution in [0.5, 0.6) is 17.2 Å². The Morgan fingerprint density at radius 2 is 1.92 bits per heavy atom. The fraction of sp³-hybridized carbons (Fsp3) is 0.353. The third-order valence-corrected chi connectivity index (χ3v) is 4.58. The zero-order chi connectivity index (χ0) is 18.6. The Morgan fingerprint density at radius 3 is 2.44 bits per heavy atom. The Kier molecular flexibility index (Phi) is 6.19. The van der Waals surface area contributed by atoms with E-state index >= 15 is 0 Å². The van der Waals surface area contributed by atoms with Crippen LogP contribution in [0.4, 0.5) is 0 Å². The molecule has 0 amide bonds. The molecule has 7 nitrogen and oxygen atoms in total. The summed E-state index contributed by atoms with van der Waals surface area (Å²) < 4.78 is 22.0. The summed E-state index contributed by atoms with van der Waals surface area (Å²) in [4.78, 5) is 12.2. The molecule has 1 aromatic carbocycles. The second-order valence-electron chi connectivity index (χ2n) is 5.01. The van der Waals surface area contributed by atoms with Crippen molar-refractivity contribution in [3.63, 3.8) is 0 Å². The molecule has 0 spiro atoms. The highest BCUT2D eigenvalue weighted by Crippen LogP contribution is 2.47. The van der Waals surface area contributed by atoms with E-state index in [1.165, 1.54) is 20.4 Å². The number of carbonyl (C=O) groups excluding carboxylic acids is 1. The van der Waals surface area contributed by atoms with Crippen molar-refractivity contribution in [2.24, 2.45) is 5.73 Å². The lowest BCUT2D eigenvalue weighted by molar-refractivity contribution is -0.144. The lowest BCUT2D eigenvalue weighted by atomic mass is 10.0. The molecule has 136 valence electrons. The zero-order valence-corrected chi connectivity index (χ0v) is 16.1. The first kappa shape index (κ1) is 19.0. The molecule has 1 atom stereocenters. The van der Waals surface area contributed by atoms with Crippen molar-refractivity contribution >= 4 is 27.5 Å². The van der Waals surface area contributed by atoms with Crippen molar-refractivity contribution in [2.75, 3.05) is 27.9 Å². The van der Waals surface area contributed by atoms with Crippen molar-refractivity contribution in [3.8, 4) is 17.2 Å². The topological polar surface area (TPSA) is 92.0 Å². The number of carbonyl (C=O) groups is 1. The Morgan fingerprint density at radius 1 is 1.24 bits per heavy atom. The summed E-state index contributed by atoms with van der Waals surface area (Å²) in [6.07, 6.45) is 1.39. The third-order valence-electron chi connectivity index (χ3n) is 3.72. The zero-order valence-electron chi connectivity index (χ0n) is 14.5. The third kappa shape index (κ3) is 3.39. The number of rotatable bonds is 6. The maximum atomic E-state index is 12.2. The molecule has 0 aromatic heterocycles. The molecule has 0 radical (unpaired) electrons. The molecular formula is C17H21BrN2O5. The van der Waals surface area contributed by atoms with Crippen LogP contribution in [-0.2, 0) is 9.53 Å². The summed E-state index contributed by atoms with van der Waals surface area (Å²) in [6.45, 7) is 2.04. The number of hydrogen-bond acceptors (Lipinski definition) is 7. The maximum absolute atomic E-state index is 12.2. The predicted molar refractivity (Wildman–Crippen MR) is 97.8 cm³/mol. The van der Waals surface area contributed by atoms with E-state index < -0.39 is 12.0 Å². The Hall–Kier alpha value is -2.35. The van der Waals surface area contributed by atoms with Crippen LogP contribution in [0.15, 0.2) is 28.5 Å². The van der Waals surface area contributed by atoms with Crippen molar-refractivity contribution in [1.29, 1.82) is 0 Å². The number of nitrogens with one attached hydrogen (secondary N) is 1. The smallest absolute Gasteiger partial charge is 0.333 e. The molecule has 1 aromatic rings. The Bertz CT molecular complexity index is 730. The van der Waals surface area contributed by atoms with Gasteiger partial charge in [-0.1, -0.05) is 15.9 Å². The van der Waals surface area contributed by atoms with E-state index in [0.717, 1.165) is 0 Å². The van der Waals surface area contributed by atoms with E-state index in [9.17, 15) is 4.79 Å². The molecule has 1 aliphatic heterocycles. The van der Waals surface area contributed by atoms with Crippen LogP contribution in [-0.4, -0.2) is 39.9 Å². The Balaban J connectivity index is 2.64. The van der Waals surface area contributed by atoms with Crippen LogP contribution in [0.1, 0.15) is 12.5 Å². The number of allylic oxidation sites excluding steroid dienone is 1. The summed E-state index contributed by atoms with van der Waals surface area (Å²) in [7, 11) is 4.61. The van der Waals surface area contributed by atoms with E-state index in [1.54, 1.807) is 20.1 Å². The molecule has 1 aliphatic rings. The molecule has 0 saturated carbocycles. The lowest BCUT2D eigenvalue weighted by Crippen LogP contribution is -2.33. The molecule has 3 N–H and O–H groups in total. The van der Waals surface area contributed by atoms with Gasteiger partial charge in [-0.2, -0.15) is 0 Å². The number of hydrogen-bond donors (Lipinski definition) is 2. The highest BCUT2D eigenvalue weighted by molar-refractivity contribution is 9.12. The van der Waals surface area contributed by atoms with Gasteiger partial charge in [0.2, 0.25) is 5.75 Å². The van der Waals surface area contributed by atoms with E-state index in [0.29, 0.717) is 38.6 Å². The van der Waals surface area contributed by atoms with Gasteiger partial charge in [0.25, 0.3) is 0 Å². The van der Waals surface area contributed by atoms with Gasteiger partial charge < -0.3 is 30.0 Å².